The summed E-state index contributed by atoms with van der Waals surface area (Å²) in [6, 6.07) is 6.73. The van der Waals surface area contributed by atoms with Gasteiger partial charge in [-0.3, -0.25) is 4.79 Å². The van der Waals surface area contributed by atoms with Gasteiger partial charge in [-0.25, -0.2) is 0 Å². The van der Waals surface area contributed by atoms with Crippen LogP contribution in [0.3, 0.4) is 0 Å². The molecule has 0 saturated heterocycles. The molecule has 1 rings (SSSR count). The van der Waals surface area contributed by atoms with E-state index in [4.69, 9.17) is 18.0 Å². The second kappa shape index (κ2) is 6.01. The Kier molecular flexibility index (Phi) is 4.88. The zero-order chi connectivity index (χ0) is 14.6. The Morgan fingerprint density at radius 3 is 2.58 bits per heavy atom. The summed E-state index contributed by atoms with van der Waals surface area (Å²) in [6.07, 6.45) is -5.95. The van der Waals surface area contributed by atoms with Gasteiger partial charge in [0.2, 0.25) is 5.91 Å². The van der Waals surface area contributed by atoms with Gasteiger partial charge in [-0.1, -0.05) is 30.4 Å². The summed E-state index contributed by atoms with van der Waals surface area (Å²) in [5.74, 6) is -0.978. The van der Waals surface area contributed by atoms with Gasteiger partial charge >= 0.3 is 6.18 Å². The Balaban J connectivity index is 2.71. The molecular weight excluding hydrogens is 277 g/mol. The minimum Gasteiger partial charge on any atom is -0.389 e. The van der Waals surface area contributed by atoms with Crippen LogP contribution in [0.1, 0.15) is 17.5 Å². The van der Waals surface area contributed by atoms with Crippen molar-refractivity contribution < 1.29 is 18.0 Å². The molecule has 2 N–H and O–H groups in total. The monoisotopic (exact) mass is 290 g/mol. The van der Waals surface area contributed by atoms with E-state index in [-0.39, 0.29) is 11.5 Å². The van der Waals surface area contributed by atoms with Crippen LogP contribution in [-0.2, 0) is 11.3 Å². The zero-order valence-corrected chi connectivity index (χ0v) is 11.0. The van der Waals surface area contributed by atoms with E-state index in [0.29, 0.717) is 11.1 Å². The molecule has 0 aliphatic heterocycles. The maximum atomic E-state index is 12.1. The molecule has 0 unspecified atom stereocenters. The Morgan fingerprint density at radius 2 is 2.05 bits per heavy atom. The number of hydrogen-bond acceptors (Lipinski definition) is 2. The molecule has 1 amide bonds. The number of nitrogens with two attached hydrogens (primary N) is 1. The zero-order valence-electron chi connectivity index (χ0n) is 10.2. The molecule has 0 fully saturated rings. The third kappa shape index (κ3) is 5.25. The van der Waals surface area contributed by atoms with Crippen LogP contribution in [0.5, 0.6) is 0 Å². The van der Waals surface area contributed by atoms with Crippen molar-refractivity contribution in [2.24, 2.45) is 5.73 Å². The molecule has 0 atom stereocenters. The number of nitrogens with zero attached hydrogens (tertiary/aromatic N) is 1. The minimum atomic E-state index is -4.49. The first kappa shape index (κ1) is 15.4. The largest absolute Gasteiger partial charge is 0.397 e. The molecule has 0 spiro atoms. The molecule has 3 nitrogen and oxygen atoms in total. The number of halogens is 3. The quantitative estimate of drug-likeness (QED) is 0.865. The lowest BCUT2D eigenvalue weighted by Crippen LogP contribution is -2.30. The fraction of sp³-hybridized carbons (Fsp3) is 0.333. The van der Waals surface area contributed by atoms with Gasteiger partial charge < -0.3 is 10.6 Å². The first-order chi connectivity index (χ1) is 8.69. The van der Waals surface area contributed by atoms with E-state index in [1.54, 1.807) is 24.3 Å². The first-order valence-electron chi connectivity index (χ1n) is 5.38. The van der Waals surface area contributed by atoms with E-state index in [0.717, 1.165) is 4.90 Å². The number of hydrogen-bond donors (Lipinski definition) is 1. The summed E-state index contributed by atoms with van der Waals surface area (Å²) in [6.45, 7) is 0.0748. The predicted octanol–water partition coefficient (Wildman–Crippen LogP) is 2.23. The SMILES string of the molecule is CN(Cc1cccc(C(N)=S)c1)C(=O)CC(F)(F)F. The second-order valence-corrected chi connectivity index (χ2v) is 4.55. The molecule has 104 valence electrons. The first-order valence-corrected chi connectivity index (χ1v) is 5.79. The van der Waals surface area contributed by atoms with Crippen molar-refractivity contribution in [3.8, 4) is 0 Å². The van der Waals surface area contributed by atoms with Crippen LogP contribution < -0.4 is 5.73 Å². The van der Waals surface area contributed by atoms with Gasteiger partial charge in [0.05, 0.1) is 0 Å². The molecule has 1 aromatic rings. The van der Waals surface area contributed by atoms with Gasteiger partial charge in [0.1, 0.15) is 11.4 Å². The molecule has 7 heteroatoms. The number of thiocarbonyl (C=S) groups is 1. The molecule has 0 heterocycles. The van der Waals surface area contributed by atoms with Gasteiger partial charge in [0, 0.05) is 19.2 Å². The predicted molar refractivity (Wildman–Crippen MR) is 69.5 cm³/mol. The smallest absolute Gasteiger partial charge is 0.389 e. The number of carbonyl (C=O) groups is 1. The second-order valence-electron chi connectivity index (χ2n) is 4.11. The van der Waals surface area contributed by atoms with Crippen LogP contribution in [0.2, 0.25) is 0 Å². The average molecular weight is 290 g/mol. The van der Waals surface area contributed by atoms with E-state index in [1.165, 1.54) is 7.05 Å². The molecule has 0 radical (unpaired) electrons. The summed E-state index contributed by atoms with van der Waals surface area (Å²) in [7, 11) is 1.32. The highest BCUT2D eigenvalue weighted by molar-refractivity contribution is 7.80. The molecule has 0 saturated carbocycles. The molecule has 1 aromatic carbocycles. The van der Waals surface area contributed by atoms with Crippen molar-refractivity contribution in [3.05, 3.63) is 35.4 Å². The highest BCUT2D eigenvalue weighted by Gasteiger charge is 2.32. The fourth-order valence-corrected chi connectivity index (χ4v) is 1.62. The lowest BCUT2D eigenvalue weighted by Gasteiger charge is -2.18. The molecular formula is C12H13F3N2OS. The number of amides is 1. The Hall–Kier alpha value is -1.63. The van der Waals surface area contributed by atoms with E-state index in [9.17, 15) is 18.0 Å². The van der Waals surface area contributed by atoms with Gasteiger partial charge in [-0.05, 0) is 11.6 Å². The van der Waals surface area contributed by atoms with E-state index < -0.39 is 18.5 Å². The van der Waals surface area contributed by atoms with Crippen molar-refractivity contribution >= 4 is 23.1 Å². The number of benzene rings is 1. The van der Waals surface area contributed by atoms with E-state index >= 15 is 0 Å². The number of alkyl halides is 3. The Morgan fingerprint density at radius 1 is 1.42 bits per heavy atom. The summed E-state index contributed by atoms with van der Waals surface area (Å²) in [5, 5.41) is 0. The maximum Gasteiger partial charge on any atom is 0.397 e. The van der Waals surface area contributed by atoms with Gasteiger partial charge in [0.15, 0.2) is 0 Å². The standard InChI is InChI=1S/C12H13F3N2OS/c1-17(10(18)6-12(13,14)15)7-8-3-2-4-9(5-8)11(16)19/h2-5H,6-7H2,1H3,(H2,16,19). The van der Waals surface area contributed by atoms with Crippen molar-refractivity contribution in [2.45, 2.75) is 19.1 Å². The maximum absolute atomic E-state index is 12.1. The molecule has 0 aliphatic rings. The molecule has 0 bridgehead atoms. The summed E-state index contributed by atoms with van der Waals surface area (Å²) in [4.78, 5) is 12.6. The summed E-state index contributed by atoms with van der Waals surface area (Å²) < 4.78 is 36.3. The van der Waals surface area contributed by atoms with E-state index in [1.807, 2.05) is 0 Å². The fourth-order valence-electron chi connectivity index (χ4n) is 1.49. The minimum absolute atomic E-state index is 0.0748. The van der Waals surface area contributed by atoms with Crippen molar-refractivity contribution in [1.82, 2.24) is 4.90 Å². The third-order valence-corrected chi connectivity index (χ3v) is 2.64. The van der Waals surface area contributed by atoms with Crippen molar-refractivity contribution in [1.29, 1.82) is 0 Å². The lowest BCUT2D eigenvalue weighted by atomic mass is 10.1. The lowest BCUT2D eigenvalue weighted by molar-refractivity contribution is -0.160. The van der Waals surface area contributed by atoms with Crippen LogP contribution in [0.4, 0.5) is 13.2 Å². The van der Waals surface area contributed by atoms with Crippen LogP contribution in [0.15, 0.2) is 24.3 Å². The molecule has 19 heavy (non-hydrogen) atoms. The van der Waals surface area contributed by atoms with Crippen LogP contribution in [-0.4, -0.2) is 29.0 Å². The van der Waals surface area contributed by atoms with Crippen LogP contribution >= 0.6 is 12.2 Å². The third-order valence-electron chi connectivity index (χ3n) is 2.41. The highest BCUT2D eigenvalue weighted by Crippen LogP contribution is 2.21. The summed E-state index contributed by atoms with van der Waals surface area (Å²) >= 11 is 4.81. The van der Waals surface area contributed by atoms with Crippen molar-refractivity contribution in [3.63, 3.8) is 0 Å². The summed E-state index contributed by atoms with van der Waals surface area (Å²) in [5.41, 5.74) is 6.74. The normalized spacial score (nSPS) is 11.2. The number of rotatable bonds is 4. The van der Waals surface area contributed by atoms with Gasteiger partial charge in [-0.15, -0.1) is 0 Å². The molecule has 0 aliphatic carbocycles. The highest BCUT2D eigenvalue weighted by atomic mass is 32.1. The van der Waals surface area contributed by atoms with Gasteiger partial charge in [0.25, 0.3) is 0 Å². The topological polar surface area (TPSA) is 46.3 Å². The van der Waals surface area contributed by atoms with Crippen LogP contribution in [0, 0.1) is 0 Å². The van der Waals surface area contributed by atoms with E-state index in [2.05, 4.69) is 0 Å². The Bertz CT molecular complexity index is 488. The Labute approximate surface area is 114 Å². The van der Waals surface area contributed by atoms with Gasteiger partial charge in [-0.2, -0.15) is 13.2 Å². The molecule has 0 aromatic heterocycles. The van der Waals surface area contributed by atoms with Crippen molar-refractivity contribution in [2.75, 3.05) is 7.05 Å². The average Bonchev–Trinajstić information content (AvgIpc) is 2.27. The van der Waals surface area contributed by atoms with Crippen LogP contribution in [0.25, 0.3) is 0 Å². The number of carbonyl (C=O) groups excluding carboxylic acids is 1.